The van der Waals surface area contributed by atoms with Gasteiger partial charge < -0.3 is 43.5 Å². The lowest BCUT2D eigenvalue weighted by atomic mass is 9.70. The molecular formula is C53H78F3NO11. The minimum absolute atomic E-state index is 0.0130. The van der Waals surface area contributed by atoms with Crippen LogP contribution in [0.1, 0.15) is 152 Å². The molecule has 0 bridgehead atoms. The Morgan fingerprint density at radius 1 is 0.912 bits per heavy atom. The number of ketones is 1. The summed E-state index contributed by atoms with van der Waals surface area (Å²) in [7, 11) is 0. The number of rotatable bonds is 16. The van der Waals surface area contributed by atoms with Crippen molar-refractivity contribution in [2.75, 3.05) is 0 Å². The van der Waals surface area contributed by atoms with Crippen LogP contribution >= 0.6 is 0 Å². The van der Waals surface area contributed by atoms with Crippen molar-refractivity contribution in [3.05, 3.63) is 42.0 Å². The molecule has 5 aliphatic heterocycles. The number of aliphatic hydroxyl groups is 1. The topological polar surface area (TPSA) is 152 Å². The molecule has 6 aliphatic rings. The van der Waals surface area contributed by atoms with Crippen LogP contribution in [-0.2, 0) is 44.7 Å². The highest BCUT2D eigenvalue weighted by atomic mass is 19.4. The van der Waals surface area contributed by atoms with E-state index in [1.807, 2.05) is 26.0 Å². The summed E-state index contributed by atoms with van der Waals surface area (Å²) in [6, 6.07) is 5.41. The van der Waals surface area contributed by atoms with Crippen LogP contribution in [0.4, 0.5) is 13.2 Å². The van der Waals surface area contributed by atoms with E-state index in [-0.39, 0.29) is 59.4 Å². The molecule has 5 fully saturated rings. The molecular weight excluding hydrogens is 884 g/mol. The number of oxime groups is 1. The second-order valence-corrected chi connectivity index (χ2v) is 22.0. The van der Waals surface area contributed by atoms with Gasteiger partial charge in [0, 0.05) is 24.2 Å². The molecule has 2 spiro atoms. The maximum atomic E-state index is 15.1. The van der Waals surface area contributed by atoms with E-state index in [0.29, 0.717) is 49.8 Å². The maximum Gasteiger partial charge on any atom is 0.573 e. The summed E-state index contributed by atoms with van der Waals surface area (Å²) >= 11 is 0. The first-order chi connectivity index (χ1) is 31.9. The number of nitrogens with zero attached hydrogens (tertiary/aromatic N) is 1. The third-order valence-corrected chi connectivity index (χ3v) is 17.9. The van der Waals surface area contributed by atoms with Crippen LogP contribution in [0.3, 0.4) is 0 Å². The summed E-state index contributed by atoms with van der Waals surface area (Å²) in [6.07, 6.45) is 4.10. The van der Waals surface area contributed by atoms with Crippen LogP contribution in [0.2, 0.25) is 0 Å². The fraction of sp³-hybridized carbons (Fsp3) is 0.792. The van der Waals surface area contributed by atoms with Crippen molar-refractivity contribution in [3.8, 4) is 5.75 Å². The highest BCUT2D eigenvalue weighted by molar-refractivity contribution is 6.01. The lowest BCUT2D eigenvalue weighted by molar-refractivity contribution is -0.372. The first kappa shape index (κ1) is 52.7. The summed E-state index contributed by atoms with van der Waals surface area (Å²) in [5.41, 5.74) is -0.639. The molecule has 7 rings (SSSR count). The second-order valence-electron chi connectivity index (χ2n) is 22.0. The van der Waals surface area contributed by atoms with Gasteiger partial charge in [-0.1, -0.05) is 79.6 Å². The number of benzene rings is 1. The number of aliphatic carboxylic acids is 1. The Morgan fingerprint density at radius 2 is 1.59 bits per heavy atom. The molecule has 68 heavy (non-hydrogen) atoms. The molecule has 1 aromatic rings. The average molecular weight is 962 g/mol. The minimum atomic E-state index is -4.81. The lowest BCUT2D eigenvalue weighted by Gasteiger charge is -2.54. The SMILES string of the molecule is CCC(C(=O)O)[C@H]1CC[C@H](C)[C@H]([C@@H](C)[C@H](O)[C@H](C)C(=O)C2(C3O[C@]4(C=C/C(=N\OCc5ccc(OC(F)(F)F)cc5)[C@]5(CC[C@@](C)([C@H]6CCC(CC)(CC)[C@H](C)O6)O5)O4)[C@H](C)C[C@@H]3C)CC2C)O1. The monoisotopic (exact) mass is 962 g/mol. The molecule has 15 heteroatoms. The smallest absolute Gasteiger partial charge is 0.481 e. The van der Waals surface area contributed by atoms with Crippen molar-refractivity contribution in [1.82, 2.24) is 0 Å². The number of alkyl halides is 3. The van der Waals surface area contributed by atoms with Crippen molar-refractivity contribution in [1.29, 1.82) is 0 Å². The molecule has 4 unspecified atom stereocenters. The van der Waals surface area contributed by atoms with Gasteiger partial charge in [-0.25, -0.2) is 0 Å². The van der Waals surface area contributed by atoms with Crippen LogP contribution < -0.4 is 4.74 Å². The molecule has 17 atom stereocenters. The van der Waals surface area contributed by atoms with Gasteiger partial charge in [0.25, 0.3) is 0 Å². The predicted octanol–water partition coefficient (Wildman–Crippen LogP) is 11.0. The van der Waals surface area contributed by atoms with E-state index in [0.717, 1.165) is 32.1 Å². The van der Waals surface area contributed by atoms with E-state index in [9.17, 15) is 28.2 Å². The van der Waals surface area contributed by atoms with E-state index in [4.69, 9.17) is 28.5 Å². The Morgan fingerprint density at radius 3 is 2.18 bits per heavy atom. The van der Waals surface area contributed by atoms with Gasteiger partial charge in [0.15, 0.2) is 5.79 Å². The first-order valence-corrected chi connectivity index (χ1v) is 25.5. The van der Waals surface area contributed by atoms with Gasteiger partial charge in [0.1, 0.15) is 23.9 Å². The normalized spacial score (nSPS) is 40.5. The summed E-state index contributed by atoms with van der Waals surface area (Å²) in [4.78, 5) is 33.1. The van der Waals surface area contributed by atoms with Gasteiger partial charge >= 0.3 is 12.3 Å². The molecule has 1 aliphatic carbocycles. The van der Waals surface area contributed by atoms with Gasteiger partial charge in [-0.2, -0.15) is 0 Å². The number of Topliss-reactive ketones (excluding diaryl/α,β-unsaturated/α-hetero) is 1. The highest BCUT2D eigenvalue weighted by Gasteiger charge is 2.69. The minimum Gasteiger partial charge on any atom is -0.481 e. The fourth-order valence-electron chi connectivity index (χ4n) is 13.1. The summed E-state index contributed by atoms with van der Waals surface area (Å²) in [6.45, 7) is 22.5. The number of aliphatic hydroxyl groups excluding tert-OH is 1. The van der Waals surface area contributed by atoms with Crippen LogP contribution in [0.25, 0.3) is 0 Å². The number of carbonyl (C=O) groups excluding carboxylic acids is 1. The molecule has 0 aromatic heterocycles. The molecule has 0 amide bonds. The zero-order valence-electron chi connectivity index (χ0n) is 42.1. The van der Waals surface area contributed by atoms with Gasteiger partial charge in [0.05, 0.1) is 53.6 Å². The number of hydrogen-bond donors (Lipinski definition) is 2. The average Bonchev–Trinajstić information content (AvgIpc) is 3.86. The molecule has 1 saturated carbocycles. The van der Waals surface area contributed by atoms with Crippen molar-refractivity contribution in [2.45, 2.75) is 214 Å². The number of carbonyl (C=O) groups is 2. The summed E-state index contributed by atoms with van der Waals surface area (Å²) in [5.74, 6) is -6.07. The number of hydrogen-bond acceptors (Lipinski definition) is 11. The predicted molar refractivity (Wildman–Crippen MR) is 248 cm³/mol. The molecule has 5 heterocycles. The number of ether oxygens (including phenoxy) is 6. The van der Waals surface area contributed by atoms with Gasteiger partial charge in [0.2, 0.25) is 5.79 Å². The Balaban J connectivity index is 1.15. The van der Waals surface area contributed by atoms with Gasteiger partial charge in [-0.05, 0) is 131 Å². The Labute approximate surface area is 401 Å². The summed E-state index contributed by atoms with van der Waals surface area (Å²) < 4.78 is 77.7. The van der Waals surface area contributed by atoms with Crippen molar-refractivity contribution < 1.29 is 66.2 Å². The summed E-state index contributed by atoms with van der Waals surface area (Å²) in [5, 5.41) is 26.5. The maximum absolute atomic E-state index is 15.1. The lowest BCUT2D eigenvalue weighted by Crippen LogP contribution is -2.62. The van der Waals surface area contributed by atoms with E-state index < -0.39 is 77.1 Å². The van der Waals surface area contributed by atoms with E-state index in [1.54, 1.807) is 6.92 Å². The number of carboxylic acids is 1. The van der Waals surface area contributed by atoms with Crippen LogP contribution in [0.15, 0.2) is 41.6 Å². The molecule has 4 saturated heterocycles. The fourth-order valence-corrected chi connectivity index (χ4v) is 13.1. The number of halogens is 3. The van der Waals surface area contributed by atoms with Crippen LogP contribution in [0, 0.1) is 52.3 Å². The third kappa shape index (κ3) is 9.92. The third-order valence-electron chi connectivity index (χ3n) is 17.9. The second kappa shape index (κ2) is 19.8. The zero-order valence-corrected chi connectivity index (χ0v) is 42.1. The highest BCUT2D eigenvalue weighted by Crippen LogP contribution is 2.64. The van der Waals surface area contributed by atoms with Crippen LogP contribution in [0.5, 0.6) is 5.75 Å². The van der Waals surface area contributed by atoms with Gasteiger partial charge in [-0.15, -0.1) is 13.2 Å². The zero-order chi connectivity index (χ0) is 49.8. The van der Waals surface area contributed by atoms with E-state index in [2.05, 4.69) is 65.3 Å². The van der Waals surface area contributed by atoms with Crippen molar-refractivity contribution in [2.24, 2.45) is 57.4 Å². The Kier molecular flexibility index (Phi) is 15.4. The van der Waals surface area contributed by atoms with Crippen molar-refractivity contribution in [3.63, 3.8) is 0 Å². The molecule has 0 radical (unpaired) electrons. The van der Waals surface area contributed by atoms with E-state index in [1.165, 1.54) is 24.3 Å². The standard InChI is InChI=1S/C53H78F3NO11/c1-12-39(47(60)61)40-20-15-30(4)44(64-40)34(8)43(58)35(9)45(59)50(28-33(50)7)46-31(5)27-32(6)51(66-46)24-21-41(57-62-29-37-16-18-38(19-17-37)65-53(54,55)56)52(68-51)26-25-48(11,67-52)42-22-23-49(13-2,14-3)36(10)63-42/h16-19,21,24,30-36,39-40,42-44,46,58H,12-15,20,22-23,25-29H2,1-11H3,(H,60,61)/b57-41+/t30-,31-,32+,33?,34-,35-,36-,39?,40+,42+,43-,44+,46?,48-,50?,51-,52-/m0/s1. The molecule has 12 nitrogen and oxygen atoms in total. The number of carboxylic acid groups (broad SMARTS) is 1. The Bertz CT molecular complexity index is 2010. The van der Waals surface area contributed by atoms with Gasteiger partial charge in [-0.3, -0.25) is 9.59 Å². The molecule has 1 aromatic carbocycles. The quantitative estimate of drug-likeness (QED) is 0.152. The van der Waals surface area contributed by atoms with Crippen LogP contribution in [-0.4, -0.2) is 87.8 Å². The largest absolute Gasteiger partial charge is 0.573 e. The van der Waals surface area contributed by atoms with Crippen molar-refractivity contribution >= 4 is 17.5 Å². The molecule has 382 valence electrons. The first-order valence-electron chi connectivity index (χ1n) is 25.5. The molecule has 2 N–H and O–H groups in total. The van der Waals surface area contributed by atoms with E-state index >= 15 is 4.79 Å². The Hall–Kier alpha value is -3.08.